The van der Waals surface area contributed by atoms with Gasteiger partial charge in [0.15, 0.2) is 6.10 Å². The van der Waals surface area contributed by atoms with E-state index in [0.29, 0.717) is 31.6 Å². The number of ether oxygens (including phenoxy) is 1. The molecule has 10 heteroatoms. The Morgan fingerprint density at radius 2 is 2.15 bits per heavy atom. The van der Waals surface area contributed by atoms with Crippen molar-refractivity contribution in [2.24, 2.45) is 5.92 Å². The first-order valence-electron chi connectivity index (χ1n) is 11.0. The molecule has 3 amide bonds. The van der Waals surface area contributed by atoms with Gasteiger partial charge in [0.05, 0.1) is 19.2 Å². The van der Waals surface area contributed by atoms with E-state index < -0.39 is 30.0 Å². The standard InChI is InChI=1S/C23H29N5O5/c1-3-5-16(22(31)28-17(19(29)12-24)10-13-8-9-25-21(13)30)27-23(32)18-11-14-15(26-18)6-4-7-20(14)33-2/h4,6-7,11,13,16-17,19,26,29H,3,5,8-10H2,1-2H3,(H,25,30)(H,27,32)(H,28,31)/t13-,16-,17-,19?/m0/s1. The van der Waals surface area contributed by atoms with Crippen molar-refractivity contribution in [2.45, 2.75) is 50.8 Å². The minimum Gasteiger partial charge on any atom is -0.496 e. The first-order chi connectivity index (χ1) is 15.9. The number of fused-ring (bicyclic) bond motifs is 1. The van der Waals surface area contributed by atoms with E-state index in [1.807, 2.05) is 13.0 Å². The second kappa shape index (κ2) is 10.8. The van der Waals surface area contributed by atoms with Crippen LogP contribution < -0.4 is 20.7 Å². The van der Waals surface area contributed by atoms with Crippen molar-refractivity contribution in [1.29, 1.82) is 5.26 Å². The number of hydrogen-bond donors (Lipinski definition) is 5. The molecule has 0 aliphatic carbocycles. The molecule has 2 heterocycles. The van der Waals surface area contributed by atoms with Crippen LogP contribution in [0.2, 0.25) is 0 Å². The molecule has 1 aromatic heterocycles. The third kappa shape index (κ3) is 5.62. The summed E-state index contributed by atoms with van der Waals surface area (Å²) < 4.78 is 5.32. The summed E-state index contributed by atoms with van der Waals surface area (Å²) in [4.78, 5) is 40.8. The lowest BCUT2D eigenvalue weighted by molar-refractivity contribution is -0.126. The zero-order valence-corrected chi connectivity index (χ0v) is 18.7. The smallest absolute Gasteiger partial charge is 0.268 e. The number of carbonyl (C=O) groups excluding carboxylic acids is 3. The van der Waals surface area contributed by atoms with Crippen molar-refractivity contribution in [3.63, 3.8) is 0 Å². The van der Waals surface area contributed by atoms with Crippen molar-refractivity contribution >= 4 is 28.6 Å². The van der Waals surface area contributed by atoms with Crippen LogP contribution in [0.3, 0.4) is 0 Å². The number of aromatic nitrogens is 1. The summed E-state index contributed by atoms with van der Waals surface area (Å²) in [5, 5.41) is 28.1. The molecule has 0 spiro atoms. The number of aliphatic hydroxyl groups excluding tert-OH is 1. The number of nitriles is 1. The van der Waals surface area contributed by atoms with E-state index in [-0.39, 0.29) is 23.9 Å². The number of aliphatic hydroxyl groups is 1. The van der Waals surface area contributed by atoms with Gasteiger partial charge in [0, 0.05) is 23.4 Å². The predicted octanol–water partition coefficient (Wildman–Crippen LogP) is 0.970. The van der Waals surface area contributed by atoms with Gasteiger partial charge in [0.2, 0.25) is 11.8 Å². The Balaban J connectivity index is 1.72. The number of carbonyl (C=O) groups is 3. The number of nitrogens with zero attached hydrogens (tertiary/aromatic N) is 1. The van der Waals surface area contributed by atoms with Gasteiger partial charge >= 0.3 is 0 Å². The van der Waals surface area contributed by atoms with Crippen LogP contribution in [0, 0.1) is 17.2 Å². The van der Waals surface area contributed by atoms with E-state index in [1.165, 1.54) is 0 Å². The van der Waals surface area contributed by atoms with Crippen LogP contribution in [0.1, 0.15) is 43.1 Å². The van der Waals surface area contributed by atoms with Gasteiger partial charge in [-0.2, -0.15) is 5.26 Å². The molecule has 4 atom stereocenters. The molecule has 1 unspecified atom stereocenters. The van der Waals surface area contributed by atoms with Crippen molar-refractivity contribution in [3.05, 3.63) is 30.0 Å². The highest BCUT2D eigenvalue weighted by atomic mass is 16.5. The zero-order valence-electron chi connectivity index (χ0n) is 18.7. The molecule has 1 aliphatic heterocycles. The maximum atomic E-state index is 13.0. The number of methoxy groups -OCH3 is 1. The fourth-order valence-electron chi connectivity index (χ4n) is 4.04. The lowest BCUT2D eigenvalue weighted by atomic mass is 9.95. The van der Waals surface area contributed by atoms with Crippen molar-refractivity contribution < 1.29 is 24.2 Å². The van der Waals surface area contributed by atoms with Crippen LogP contribution >= 0.6 is 0 Å². The molecule has 10 nitrogen and oxygen atoms in total. The summed E-state index contributed by atoms with van der Waals surface area (Å²) in [5.41, 5.74) is 1.00. The van der Waals surface area contributed by atoms with E-state index >= 15 is 0 Å². The number of hydrogen-bond acceptors (Lipinski definition) is 6. The topological polar surface area (TPSA) is 156 Å². The summed E-state index contributed by atoms with van der Waals surface area (Å²) in [7, 11) is 1.55. The minimum absolute atomic E-state index is 0.140. The van der Waals surface area contributed by atoms with E-state index in [9.17, 15) is 19.5 Å². The van der Waals surface area contributed by atoms with Crippen LogP contribution in [0.4, 0.5) is 0 Å². The molecular formula is C23H29N5O5. The second-order valence-electron chi connectivity index (χ2n) is 8.12. The molecule has 0 saturated carbocycles. The summed E-state index contributed by atoms with van der Waals surface area (Å²) in [6.07, 6.45) is 0.223. The highest BCUT2D eigenvalue weighted by molar-refractivity contribution is 6.01. The largest absolute Gasteiger partial charge is 0.496 e. The Kier molecular flexibility index (Phi) is 7.90. The van der Waals surface area contributed by atoms with E-state index in [1.54, 1.807) is 31.4 Å². The molecule has 1 fully saturated rings. The Morgan fingerprint density at radius 3 is 2.79 bits per heavy atom. The predicted molar refractivity (Wildman–Crippen MR) is 120 cm³/mol. The molecule has 0 radical (unpaired) electrons. The Labute approximate surface area is 191 Å². The van der Waals surface area contributed by atoms with Crippen LogP contribution in [0.5, 0.6) is 5.75 Å². The maximum absolute atomic E-state index is 13.0. The van der Waals surface area contributed by atoms with Gasteiger partial charge in [0.1, 0.15) is 17.5 Å². The first kappa shape index (κ1) is 24.1. The van der Waals surface area contributed by atoms with Crippen molar-refractivity contribution in [1.82, 2.24) is 20.9 Å². The Morgan fingerprint density at radius 1 is 1.36 bits per heavy atom. The Hall–Kier alpha value is -3.58. The molecule has 1 aromatic carbocycles. The number of nitrogens with one attached hydrogen (secondary N) is 4. The molecule has 1 aliphatic rings. The van der Waals surface area contributed by atoms with Gasteiger partial charge in [0.25, 0.3) is 5.91 Å². The molecule has 2 aromatic rings. The molecule has 5 N–H and O–H groups in total. The van der Waals surface area contributed by atoms with Gasteiger partial charge in [-0.3, -0.25) is 14.4 Å². The van der Waals surface area contributed by atoms with Gasteiger partial charge in [-0.15, -0.1) is 0 Å². The van der Waals surface area contributed by atoms with Crippen LogP contribution in [-0.2, 0) is 9.59 Å². The van der Waals surface area contributed by atoms with Gasteiger partial charge in [-0.25, -0.2) is 0 Å². The Bertz CT molecular complexity index is 1060. The maximum Gasteiger partial charge on any atom is 0.268 e. The minimum atomic E-state index is -1.47. The van der Waals surface area contributed by atoms with E-state index in [0.717, 1.165) is 10.9 Å². The molecule has 3 rings (SSSR count). The van der Waals surface area contributed by atoms with Crippen LogP contribution in [-0.4, -0.2) is 59.7 Å². The third-order valence-corrected chi connectivity index (χ3v) is 5.83. The average Bonchev–Trinajstić information content (AvgIpc) is 3.43. The first-order valence-corrected chi connectivity index (χ1v) is 11.0. The van der Waals surface area contributed by atoms with Crippen LogP contribution in [0.15, 0.2) is 24.3 Å². The van der Waals surface area contributed by atoms with Gasteiger partial charge in [-0.05, 0) is 37.5 Å². The normalized spacial score (nSPS) is 18.1. The molecule has 33 heavy (non-hydrogen) atoms. The zero-order chi connectivity index (χ0) is 24.0. The summed E-state index contributed by atoms with van der Waals surface area (Å²) >= 11 is 0. The highest BCUT2D eigenvalue weighted by Gasteiger charge is 2.33. The SMILES string of the molecule is CCC[C@H](NC(=O)c1cc2c(OC)cccc2[nH]1)C(=O)N[C@@H](C[C@@H]1CCNC1=O)C(O)C#N. The number of benzene rings is 1. The number of H-pyrrole nitrogens is 1. The second-order valence-corrected chi connectivity index (χ2v) is 8.12. The fraction of sp³-hybridized carbons (Fsp3) is 0.478. The fourth-order valence-corrected chi connectivity index (χ4v) is 4.04. The monoisotopic (exact) mass is 455 g/mol. The van der Waals surface area contributed by atoms with Gasteiger partial charge < -0.3 is 30.8 Å². The summed E-state index contributed by atoms with van der Waals surface area (Å²) in [6, 6.07) is 6.99. The van der Waals surface area contributed by atoms with Gasteiger partial charge in [-0.1, -0.05) is 19.4 Å². The average molecular weight is 456 g/mol. The van der Waals surface area contributed by atoms with E-state index in [2.05, 4.69) is 20.9 Å². The van der Waals surface area contributed by atoms with Crippen molar-refractivity contribution in [2.75, 3.05) is 13.7 Å². The number of aromatic amines is 1. The molecule has 0 bridgehead atoms. The van der Waals surface area contributed by atoms with Crippen LogP contribution in [0.25, 0.3) is 10.9 Å². The van der Waals surface area contributed by atoms with Crippen molar-refractivity contribution in [3.8, 4) is 11.8 Å². The highest BCUT2D eigenvalue weighted by Crippen LogP contribution is 2.26. The molecule has 1 saturated heterocycles. The number of amides is 3. The quantitative estimate of drug-likeness (QED) is 0.336. The summed E-state index contributed by atoms with van der Waals surface area (Å²) in [5.74, 6) is -0.910. The molecule has 176 valence electrons. The number of rotatable bonds is 10. The molecular weight excluding hydrogens is 426 g/mol. The lowest BCUT2D eigenvalue weighted by Crippen LogP contribution is -2.53. The summed E-state index contributed by atoms with van der Waals surface area (Å²) in [6.45, 7) is 2.40. The lowest BCUT2D eigenvalue weighted by Gasteiger charge is -2.25. The third-order valence-electron chi connectivity index (χ3n) is 5.83. The van der Waals surface area contributed by atoms with E-state index in [4.69, 9.17) is 10.00 Å².